The van der Waals surface area contributed by atoms with Crippen molar-refractivity contribution in [3.8, 4) is 22.4 Å². The monoisotopic (exact) mass is 842 g/mol. The number of carbonyl (C=O) groups is 3. The second kappa shape index (κ2) is 16.7. The normalized spacial score (nSPS) is 18.1. The molecule has 7 aromatic rings. The highest BCUT2D eigenvalue weighted by molar-refractivity contribution is 7.27. The molecule has 16 heteroatoms. The number of carbonyl (C=O) groups excluding carboxylic acids is 3. The molecule has 0 saturated carbocycles. The quantitative estimate of drug-likeness (QED) is 0.0808. The maximum absolute atomic E-state index is 14.0. The van der Waals surface area contributed by atoms with E-state index in [1.165, 1.54) is 14.2 Å². The van der Waals surface area contributed by atoms with Gasteiger partial charge in [0.25, 0.3) is 5.91 Å². The van der Waals surface area contributed by atoms with Gasteiger partial charge in [-0.2, -0.15) is 0 Å². The number of methoxy groups -OCH3 is 2. The molecule has 3 aromatic carbocycles. The second-order valence-electron chi connectivity index (χ2n) is 14.7. The van der Waals surface area contributed by atoms with Crippen molar-refractivity contribution in [1.82, 2.24) is 40.4 Å². The van der Waals surface area contributed by atoms with E-state index >= 15 is 0 Å². The first-order valence-corrected chi connectivity index (χ1v) is 21.3. The molecule has 0 spiro atoms. The molecular weight excluding hydrogens is 801 g/mol. The van der Waals surface area contributed by atoms with Crippen LogP contribution in [0.15, 0.2) is 108 Å². The molecule has 0 aliphatic carbocycles. The van der Waals surface area contributed by atoms with Crippen LogP contribution in [0.2, 0.25) is 0 Å². The molecule has 1 saturated heterocycles. The molecule has 306 valence electrons. The zero-order valence-corrected chi connectivity index (χ0v) is 34.3. The van der Waals surface area contributed by atoms with Crippen molar-refractivity contribution in [1.29, 1.82) is 0 Å². The van der Waals surface area contributed by atoms with Crippen LogP contribution in [-0.2, 0) is 14.3 Å². The van der Waals surface area contributed by atoms with Gasteiger partial charge in [-0.3, -0.25) is 9.69 Å². The molecule has 9 rings (SSSR count). The minimum absolute atomic E-state index is 0.176. The Bertz CT molecular complexity index is 2690. The number of aromatic nitrogens is 4. The molecule has 0 radical (unpaired) electrons. The Morgan fingerprint density at radius 2 is 1.57 bits per heavy atom. The maximum Gasteiger partial charge on any atom is 0.407 e. The Hall–Kier alpha value is -6.33. The number of aliphatic hydroxyl groups excluding tert-OH is 1. The number of thiophene rings is 2. The summed E-state index contributed by atoms with van der Waals surface area (Å²) in [5.41, 5.74) is 7.14. The van der Waals surface area contributed by atoms with Gasteiger partial charge in [0.1, 0.15) is 30.0 Å². The molecule has 1 fully saturated rings. The number of hydrogen-bond acceptors (Lipinski definition) is 11. The van der Waals surface area contributed by atoms with Crippen LogP contribution in [-0.4, -0.2) is 86.5 Å². The van der Waals surface area contributed by atoms with Crippen LogP contribution in [0.1, 0.15) is 59.8 Å². The number of nitrogens with one attached hydrogen (secondary N) is 4. The number of aliphatic hydroxyl groups is 1. The van der Waals surface area contributed by atoms with Crippen LogP contribution in [0.3, 0.4) is 0 Å². The molecule has 4 aromatic heterocycles. The van der Waals surface area contributed by atoms with E-state index in [2.05, 4.69) is 43.5 Å². The highest BCUT2D eigenvalue weighted by Crippen LogP contribution is 2.45. The summed E-state index contributed by atoms with van der Waals surface area (Å²) in [7, 11) is 2.58. The third-order valence-corrected chi connectivity index (χ3v) is 13.3. The molecule has 14 nitrogen and oxygen atoms in total. The molecule has 6 heterocycles. The van der Waals surface area contributed by atoms with Crippen LogP contribution in [0.25, 0.3) is 42.8 Å². The summed E-state index contributed by atoms with van der Waals surface area (Å²) in [4.78, 5) is 59.0. The fourth-order valence-corrected chi connectivity index (χ4v) is 10.7. The summed E-state index contributed by atoms with van der Waals surface area (Å²) in [6.07, 6.45) is 5.09. The van der Waals surface area contributed by atoms with E-state index in [0.29, 0.717) is 24.5 Å². The van der Waals surface area contributed by atoms with Crippen molar-refractivity contribution >= 4 is 61.2 Å². The van der Waals surface area contributed by atoms with Crippen molar-refractivity contribution in [2.24, 2.45) is 0 Å². The first-order valence-electron chi connectivity index (χ1n) is 19.5. The Balaban J connectivity index is 0.943. The van der Waals surface area contributed by atoms with E-state index in [1.54, 1.807) is 39.7 Å². The van der Waals surface area contributed by atoms with E-state index in [-0.39, 0.29) is 11.9 Å². The van der Waals surface area contributed by atoms with Gasteiger partial charge < -0.3 is 40.1 Å². The van der Waals surface area contributed by atoms with Crippen LogP contribution in [0.5, 0.6) is 0 Å². The number of likely N-dealkylation sites (tertiary alicyclic amines) is 1. The molecule has 3 unspecified atom stereocenters. The Labute approximate surface area is 352 Å². The number of hydrogen-bond donors (Lipinski definition) is 5. The molecule has 3 amide bonds. The number of fused-ring (bicyclic) bond motifs is 2. The van der Waals surface area contributed by atoms with Crippen molar-refractivity contribution in [3.63, 3.8) is 0 Å². The minimum Gasteiger partial charge on any atom is -0.453 e. The lowest BCUT2D eigenvalue weighted by molar-refractivity contribution is -0.134. The predicted octanol–water partition coefficient (Wildman–Crippen LogP) is 7.99. The van der Waals surface area contributed by atoms with Gasteiger partial charge in [-0.05, 0) is 41.7 Å². The number of imidazole rings is 2. The zero-order valence-electron chi connectivity index (χ0n) is 32.7. The zero-order chi connectivity index (χ0) is 41.3. The van der Waals surface area contributed by atoms with Crippen molar-refractivity contribution in [2.75, 3.05) is 27.3 Å². The summed E-state index contributed by atoms with van der Waals surface area (Å²) >= 11 is 3.35. The van der Waals surface area contributed by atoms with Gasteiger partial charge in [0.2, 0.25) is 0 Å². The van der Waals surface area contributed by atoms with Gasteiger partial charge in [-0.25, -0.2) is 19.6 Å². The van der Waals surface area contributed by atoms with Gasteiger partial charge in [0.15, 0.2) is 0 Å². The number of H-pyrrole nitrogens is 2. The molecule has 0 bridgehead atoms. The smallest absolute Gasteiger partial charge is 0.407 e. The summed E-state index contributed by atoms with van der Waals surface area (Å²) in [6, 6.07) is 22.4. The summed E-state index contributed by atoms with van der Waals surface area (Å²) in [5.74, 6) is 1.11. The fourth-order valence-electron chi connectivity index (χ4n) is 8.22. The maximum atomic E-state index is 14.0. The van der Waals surface area contributed by atoms with Gasteiger partial charge in [-0.15, -0.1) is 22.7 Å². The van der Waals surface area contributed by atoms with Crippen molar-refractivity contribution in [3.05, 3.63) is 131 Å². The van der Waals surface area contributed by atoms with Crippen molar-refractivity contribution in [2.45, 2.75) is 43.2 Å². The topological polar surface area (TPSA) is 178 Å². The number of amides is 3. The number of nitrogens with zero attached hydrogens (tertiary/aromatic N) is 4. The van der Waals surface area contributed by atoms with E-state index < -0.39 is 36.5 Å². The number of rotatable bonds is 11. The predicted molar refractivity (Wildman–Crippen MR) is 230 cm³/mol. The van der Waals surface area contributed by atoms with E-state index in [1.807, 2.05) is 77.8 Å². The first kappa shape index (κ1) is 39.1. The van der Waals surface area contributed by atoms with Crippen LogP contribution in [0.4, 0.5) is 9.59 Å². The first-order chi connectivity index (χ1) is 29.3. The van der Waals surface area contributed by atoms with E-state index in [0.717, 1.165) is 67.0 Å². The molecular formula is C44H42N8O6S2. The van der Waals surface area contributed by atoms with Gasteiger partial charge in [-0.1, -0.05) is 78.9 Å². The fraction of sp³-hybridized carbons (Fsp3) is 0.250. The molecule has 60 heavy (non-hydrogen) atoms. The third kappa shape index (κ3) is 7.42. The molecule has 5 N–H and O–H groups in total. The third-order valence-electron chi connectivity index (χ3n) is 11.2. The van der Waals surface area contributed by atoms with Gasteiger partial charge >= 0.3 is 12.2 Å². The summed E-state index contributed by atoms with van der Waals surface area (Å²) in [5, 5.41) is 21.6. The number of ether oxygens (including phenoxy) is 2. The number of benzene rings is 3. The van der Waals surface area contributed by atoms with E-state index in [4.69, 9.17) is 19.4 Å². The van der Waals surface area contributed by atoms with E-state index in [9.17, 15) is 19.5 Å². The second-order valence-corrected chi connectivity index (χ2v) is 16.4. The largest absolute Gasteiger partial charge is 0.453 e. The van der Waals surface area contributed by atoms with Gasteiger partial charge in [0, 0.05) is 35.0 Å². The average Bonchev–Trinajstić information content (AvgIpc) is 4.14. The lowest BCUT2D eigenvalue weighted by Crippen LogP contribution is -2.46. The Kier molecular flexibility index (Phi) is 10.9. The van der Waals surface area contributed by atoms with Crippen LogP contribution < -0.4 is 10.6 Å². The molecule has 2 aliphatic rings. The average molecular weight is 843 g/mol. The number of alkyl carbamates (subject to hydrolysis) is 2. The Morgan fingerprint density at radius 3 is 2.32 bits per heavy atom. The summed E-state index contributed by atoms with van der Waals surface area (Å²) in [6.45, 7) is 1.01. The van der Waals surface area contributed by atoms with Crippen LogP contribution >= 0.6 is 22.7 Å². The van der Waals surface area contributed by atoms with Gasteiger partial charge in [0.05, 0.1) is 58.6 Å². The minimum atomic E-state index is -1.01. The molecule has 2 aliphatic heterocycles. The number of aromatic amines is 2. The lowest BCUT2D eigenvalue weighted by atomic mass is 10.0. The Morgan fingerprint density at radius 1 is 0.867 bits per heavy atom. The van der Waals surface area contributed by atoms with Crippen LogP contribution in [0, 0.1) is 0 Å². The summed E-state index contributed by atoms with van der Waals surface area (Å²) < 4.78 is 12.0. The highest BCUT2D eigenvalue weighted by atomic mass is 32.1. The van der Waals surface area contributed by atoms with Crippen molar-refractivity contribution < 1.29 is 29.0 Å². The highest BCUT2D eigenvalue weighted by Gasteiger charge is 2.38. The SMILES string of the molecule is COC(=O)N[C@H](c1ccccc1)C(O)N1CCCC1c1ncc(-c2csc3c(-c4ccc5nc(C6C=CCN6C(=O)[C@H](NC(=O)OC)c6ccccc6)[nH]c5c4)csc23)[nH]1. The standard InChI is InChI=1S/C44H42N8O6S2/c1-57-43(55)49-35(25-11-5-3-6-12-25)41(53)51-19-9-15-33(51)39-45-22-32(48-39)29-24-60-37-28(23-59-38(29)37)27-17-18-30-31(21-27)47-40(46-30)34-16-10-20-52(34)42(54)36(50-44(56)58-2)26-13-7-4-8-14-26/h3-8,10-14,16-18,21-24,33-36,41,53H,9,15,19-20H2,1-2H3,(H,45,48)(H,46,47)(H,49,55)(H,50,56)/t33?,34?,35-,36-,41?/m1/s1. The lowest BCUT2D eigenvalue weighted by Gasteiger charge is -2.34. The molecule has 5 atom stereocenters.